The highest BCUT2D eigenvalue weighted by molar-refractivity contribution is 5.96. The van der Waals surface area contributed by atoms with Gasteiger partial charge in [0.15, 0.2) is 11.6 Å². The van der Waals surface area contributed by atoms with Crippen molar-refractivity contribution in [3.05, 3.63) is 64.0 Å². The van der Waals surface area contributed by atoms with Gasteiger partial charge in [-0.15, -0.1) is 0 Å². The lowest BCUT2D eigenvalue weighted by Crippen LogP contribution is -2.18. The Morgan fingerprint density at radius 3 is 2.56 bits per heavy atom. The van der Waals surface area contributed by atoms with Gasteiger partial charge in [-0.05, 0) is 18.2 Å². The lowest BCUT2D eigenvalue weighted by atomic mass is 10.1. The number of halogens is 1. The number of rotatable bonds is 7. The van der Waals surface area contributed by atoms with Gasteiger partial charge in [0.1, 0.15) is 13.2 Å². The molecule has 8 heteroatoms. The molecule has 0 unspecified atom stereocenters. The predicted molar refractivity (Wildman–Crippen MR) is 89.6 cm³/mol. The highest BCUT2D eigenvalue weighted by Crippen LogP contribution is 2.25. The molecule has 2 aromatic rings. The van der Waals surface area contributed by atoms with Crippen molar-refractivity contribution in [3.8, 4) is 5.75 Å². The number of para-hydroxylation sites is 1. The maximum atomic E-state index is 13.4. The minimum atomic E-state index is -0.718. The molecule has 0 N–H and O–H groups in total. The van der Waals surface area contributed by atoms with Gasteiger partial charge in [-0.3, -0.25) is 10.1 Å². The summed E-state index contributed by atoms with van der Waals surface area (Å²) in [7, 11) is 3.42. The third-order valence-electron chi connectivity index (χ3n) is 3.30. The van der Waals surface area contributed by atoms with Crippen molar-refractivity contribution in [3.63, 3.8) is 0 Å². The highest BCUT2D eigenvalue weighted by atomic mass is 19.1. The molecule has 0 radical (unpaired) electrons. The minimum absolute atomic E-state index is 0.0428. The molecule has 2 rings (SSSR count). The van der Waals surface area contributed by atoms with E-state index in [9.17, 15) is 19.3 Å². The monoisotopic (exact) mass is 348 g/mol. The van der Waals surface area contributed by atoms with E-state index in [0.29, 0.717) is 5.69 Å². The number of benzene rings is 2. The van der Waals surface area contributed by atoms with Gasteiger partial charge in [-0.25, -0.2) is 9.18 Å². The molecule has 0 heterocycles. The maximum absolute atomic E-state index is 13.4. The molecule has 0 aliphatic heterocycles. The van der Waals surface area contributed by atoms with Crippen LogP contribution in [-0.4, -0.2) is 38.2 Å². The molecule has 0 spiro atoms. The molecule has 0 bridgehead atoms. The summed E-state index contributed by atoms with van der Waals surface area (Å²) in [6.45, 7) is -0.165. The second kappa shape index (κ2) is 8.09. The quantitative estimate of drug-likeness (QED) is 0.331. The molecule has 0 aliphatic rings. The van der Waals surface area contributed by atoms with Crippen LogP contribution in [-0.2, 0) is 4.74 Å². The van der Waals surface area contributed by atoms with Gasteiger partial charge in [0.05, 0.1) is 16.2 Å². The molecule has 2 aromatic carbocycles. The first-order chi connectivity index (χ1) is 11.9. The second-order valence-corrected chi connectivity index (χ2v) is 5.27. The molecule has 0 amide bonds. The van der Waals surface area contributed by atoms with Crippen molar-refractivity contribution in [2.45, 2.75) is 0 Å². The molecule has 0 aliphatic carbocycles. The molecule has 0 aromatic heterocycles. The zero-order valence-electron chi connectivity index (χ0n) is 13.8. The van der Waals surface area contributed by atoms with E-state index in [4.69, 9.17) is 9.47 Å². The van der Waals surface area contributed by atoms with Crippen LogP contribution >= 0.6 is 0 Å². The van der Waals surface area contributed by atoms with Gasteiger partial charge in [0, 0.05) is 26.2 Å². The second-order valence-electron chi connectivity index (χ2n) is 5.27. The molecule has 0 saturated heterocycles. The number of hydrogen-bond acceptors (Lipinski definition) is 6. The molecular formula is C17H17FN2O5. The molecule has 0 fully saturated rings. The van der Waals surface area contributed by atoms with Crippen LogP contribution in [0.4, 0.5) is 15.8 Å². The fourth-order valence-electron chi connectivity index (χ4n) is 2.12. The summed E-state index contributed by atoms with van der Waals surface area (Å²) in [6.07, 6.45) is 0. The SMILES string of the molecule is CN(C)c1ccc([N+](=O)[O-])cc1C(=O)OCCOc1ccccc1F. The molecule has 25 heavy (non-hydrogen) atoms. The van der Waals surface area contributed by atoms with Crippen LogP contribution in [0.2, 0.25) is 0 Å². The summed E-state index contributed by atoms with van der Waals surface area (Å²) in [4.78, 5) is 24.2. The van der Waals surface area contributed by atoms with Crippen molar-refractivity contribution in [1.29, 1.82) is 0 Å². The van der Waals surface area contributed by atoms with Crippen LogP contribution < -0.4 is 9.64 Å². The zero-order chi connectivity index (χ0) is 18.4. The topological polar surface area (TPSA) is 81.9 Å². The van der Waals surface area contributed by atoms with Crippen LogP contribution in [0.3, 0.4) is 0 Å². The Hall–Kier alpha value is -3.16. The van der Waals surface area contributed by atoms with E-state index in [1.165, 1.54) is 30.3 Å². The maximum Gasteiger partial charge on any atom is 0.340 e. The average molecular weight is 348 g/mol. The average Bonchev–Trinajstić information content (AvgIpc) is 2.59. The zero-order valence-corrected chi connectivity index (χ0v) is 13.8. The van der Waals surface area contributed by atoms with Crippen molar-refractivity contribution in [1.82, 2.24) is 0 Å². The van der Waals surface area contributed by atoms with Gasteiger partial charge in [-0.1, -0.05) is 12.1 Å². The standard InChI is InChI=1S/C17H17FN2O5/c1-19(2)15-8-7-12(20(22)23)11-13(15)17(21)25-10-9-24-16-6-4-3-5-14(16)18/h3-8,11H,9-10H2,1-2H3. The van der Waals surface area contributed by atoms with Gasteiger partial charge in [-0.2, -0.15) is 0 Å². The minimum Gasteiger partial charge on any atom is -0.487 e. The van der Waals surface area contributed by atoms with E-state index < -0.39 is 16.7 Å². The van der Waals surface area contributed by atoms with Crippen molar-refractivity contribution < 1.29 is 23.6 Å². The number of anilines is 1. The van der Waals surface area contributed by atoms with Crippen LogP contribution in [0, 0.1) is 15.9 Å². The lowest BCUT2D eigenvalue weighted by molar-refractivity contribution is -0.384. The van der Waals surface area contributed by atoms with E-state index in [0.717, 1.165) is 6.07 Å². The summed E-state index contributed by atoms with van der Waals surface area (Å²) in [6, 6.07) is 9.83. The number of nitro groups is 1. The Kier molecular flexibility index (Phi) is 5.89. The molecule has 7 nitrogen and oxygen atoms in total. The Bertz CT molecular complexity index is 779. The fourth-order valence-corrected chi connectivity index (χ4v) is 2.12. The number of carbonyl (C=O) groups is 1. The van der Waals surface area contributed by atoms with Crippen molar-refractivity contribution >= 4 is 17.3 Å². The van der Waals surface area contributed by atoms with E-state index in [-0.39, 0.29) is 30.2 Å². The molecular weight excluding hydrogens is 331 g/mol. The highest BCUT2D eigenvalue weighted by Gasteiger charge is 2.19. The van der Waals surface area contributed by atoms with Crippen LogP contribution in [0.25, 0.3) is 0 Å². The van der Waals surface area contributed by atoms with Gasteiger partial charge in [0.25, 0.3) is 5.69 Å². The summed E-state index contributed by atoms with van der Waals surface area (Å²) in [5.41, 5.74) is 0.357. The number of ether oxygens (including phenoxy) is 2. The van der Waals surface area contributed by atoms with Crippen LogP contribution in [0.5, 0.6) is 5.75 Å². The Labute approximate surface area is 143 Å². The number of non-ortho nitro benzene ring substituents is 1. The summed E-state index contributed by atoms with van der Waals surface area (Å²) in [5.74, 6) is -1.17. The molecule has 0 atom stereocenters. The van der Waals surface area contributed by atoms with E-state index in [1.54, 1.807) is 25.1 Å². The van der Waals surface area contributed by atoms with Crippen molar-refractivity contribution in [2.75, 3.05) is 32.2 Å². The largest absolute Gasteiger partial charge is 0.487 e. The third-order valence-corrected chi connectivity index (χ3v) is 3.30. The van der Waals surface area contributed by atoms with Gasteiger partial charge < -0.3 is 14.4 Å². The molecule has 132 valence electrons. The van der Waals surface area contributed by atoms with Crippen molar-refractivity contribution in [2.24, 2.45) is 0 Å². The Morgan fingerprint density at radius 1 is 1.20 bits per heavy atom. The van der Waals surface area contributed by atoms with Crippen LogP contribution in [0.1, 0.15) is 10.4 Å². The lowest BCUT2D eigenvalue weighted by Gasteiger charge is -2.16. The molecule has 0 saturated carbocycles. The Balaban J connectivity index is 2.01. The van der Waals surface area contributed by atoms with Crippen LogP contribution in [0.15, 0.2) is 42.5 Å². The number of nitrogens with zero attached hydrogens (tertiary/aromatic N) is 2. The fraction of sp³-hybridized carbons (Fsp3) is 0.235. The van der Waals surface area contributed by atoms with E-state index in [1.807, 2.05) is 0 Å². The van der Waals surface area contributed by atoms with E-state index in [2.05, 4.69) is 0 Å². The normalized spacial score (nSPS) is 10.2. The summed E-state index contributed by atoms with van der Waals surface area (Å²) >= 11 is 0. The van der Waals surface area contributed by atoms with Gasteiger partial charge in [0.2, 0.25) is 0 Å². The number of carbonyl (C=O) groups excluding carboxylic acids is 1. The summed E-state index contributed by atoms with van der Waals surface area (Å²) < 4.78 is 23.7. The first-order valence-electron chi connectivity index (χ1n) is 7.40. The first kappa shape index (κ1) is 18.2. The predicted octanol–water partition coefficient (Wildman–Crippen LogP) is 3.04. The number of hydrogen-bond donors (Lipinski definition) is 0. The number of esters is 1. The summed E-state index contributed by atoms with van der Waals surface area (Å²) in [5, 5.41) is 10.9. The first-order valence-corrected chi connectivity index (χ1v) is 7.40. The van der Waals surface area contributed by atoms with Gasteiger partial charge >= 0.3 is 5.97 Å². The smallest absolute Gasteiger partial charge is 0.340 e. The number of nitro benzene ring substituents is 1. The Morgan fingerprint density at radius 2 is 1.92 bits per heavy atom. The third kappa shape index (κ3) is 4.66. The van der Waals surface area contributed by atoms with E-state index >= 15 is 0 Å².